The molecular formula is C21H25ClN4O4S. The molecule has 166 valence electrons. The third-order valence-corrected chi connectivity index (χ3v) is 5.91. The van der Waals surface area contributed by atoms with Crippen molar-refractivity contribution < 1.29 is 14.5 Å². The molecule has 8 nitrogen and oxygen atoms in total. The molecule has 0 N–H and O–H groups in total. The van der Waals surface area contributed by atoms with E-state index in [-0.39, 0.29) is 24.0 Å². The number of aromatic nitrogens is 1. The van der Waals surface area contributed by atoms with E-state index in [1.54, 1.807) is 12.0 Å². The Hall–Kier alpha value is -2.75. The van der Waals surface area contributed by atoms with Crippen molar-refractivity contribution in [2.24, 2.45) is 0 Å². The summed E-state index contributed by atoms with van der Waals surface area (Å²) >= 11 is 1.44. The first-order chi connectivity index (χ1) is 14.3. The van der Waals surface area contributed by atoms with Gasteiger partial charge in [-0.05, 0) is 57.7 Å². The van der Waals surface area contributed by atoms with E-state index in [0.29, 0.717) is 23.0 Å². The number of ether oxygens (including phenoxy) is 1. The van der Waals surface area contributed by atoms with Crippen LogP contribution in [0.2, 0.25) is 0 Å². The third kappa shape index (κ3) is 5.49. The van der Waals surface area contributed by atoms with Crippen molar-refractivity contribution in [1.82, 2.24) is 9.88 Å². The minimum absolute atomic E-state index is 0. The maximum Gasteiger partial charge on any atom is 0.269 e. The fourth-order valence-corrected chi connectivity index (χ4v) is 4.17. The predicted octanol–water partition coefficient (Wildman–Crippen LogP) is 4.54. The Morgan fingerprint density at radius 2 is 1.84 bits per heavy atom. The number of hydrogen-bond acceptors (Lipinski definition) is 7. The fourth-order valence-electron chi connectivity index (χ4n) is 3.09. The molecule has 0 saturated heterocycles. The summed E-state index contributed by atoms with van der Waals surface area (Å²) in [7, 11) is 5.56. The molecule has 3 aromatic rings. The van der Waals surface area contributed by atoms with Gasteiger partial charge in [0.1, 0.15) is 11.3 Å². The van der Waals surface area contributed by atoms with E-state index in [9.17, 15) is 14.9 Å². The number of aryl methyl sites for hydroxylation is 1. The van der Waals surface area contributed by atoms with Crippen LogP contribution < -0.4 is 9.64 Å². The number of benzene rings is 2. The minimum atomic E-state index is -0.480. The number of hydrogen-bond donors (Lipinski definition) is 0. The van der Waals surface area contributed by atoms with Crippen LogP contribution in [0, 0.1) is 17.0 Å². The van der Waals surface area contributed by atoms with E-state index in [0.717, 1.165) is 28.7 Å². The number of amides is 1. The first kappa shape index (κ1) is 24.5. The van der Waals surface area contributed by atoms with Gasteiger partial charge in [-0.3, -0.25) is 19.8 Å². The SMILES string of the molecule is COc1ccc(C)c2sc(N(CCCN(C)C)C(=O)c3ccc([N+](=O)[O-])cc3)nc12.Cl. The number of nitro groups is 1. The summed E-state index contributed by atoms with van der Waals surface area (Å²) in [6, 6.07) is 9.50. The molecule has 0 unspecified atom stereocenters. The molecule has 0 bridgehead atoms. The Kier molecular flexibility index (Phi) is 8.32. The predicted molar refractivity (Wildman–Crippen MR) is 126 cm³/mol. The number of nitro benzene ring substituents is 1. The van der Waals surface area contributed by atoms with Gasteiger partial charge in [0.2, 0.25) is 0 Å². The van der Waals surface area contributed by atoms with Gasteiger partial charge in [0.05, 0.1) is 16.7 Å². The molecule has 0 radical (unpaired) electrons. The van der Waals surface area contributed by atoms with Crippen LogP contribution in [-0.4, -0.2) is 55.0 Å². The lowest BCUT2D eigenvalue weighted by atomic mass is 10.2. The normalized spacial score (nSPS) is 10.7. The highest BCUT2D eigenvalue weighted by Crippen LogP contribution is 2.37. The molecular weight excluding hydrogens is 440 g/mol. The van der Waals surface area contributed by atoms with E-state index in [1.165, 1.54) is 35.6 Å². The van der Waals surface area contributed by atoms with Crippen LogP contribution in [0.1, 0.15) is 22.3 Å². The lowest BCUT2D eigenvalue weighted by Gasteiger charge is -2.21. The zero-order valence-electron chi connectivity index (χ0n) is 17.8. The van der Waals surface area contributed by atoms with Gasteiger partial charge in [0.25, 0.3) is 11.6 Å². The number of carbonyl (C=O) groups excluding carboxylic acids is 1. The molecule has 31 heavy (non-hydrogen) atoms. The van der Waals surface area contributed by atoms with Gasteiger partial charge in [-0.25, -0.2) is 4.98 Å². The van der Waals surface area contributed by atoms with Crippen LogP contribution in [0.15, 0.2) is 36.4 Å². The molecule has 0 fully saturated rings. The molecule has 0 aliphatic carbocycles. The topological polar surface area (TPSA) is 88.8 Å². The summed E-state index contributed by atoms with van der Waals surface area (Å²) in [5, 5.41) is 11.5. The van der Waals surface area contributed by atoms with Crippen molar-refractivity contribution >= 4 is 50.7 Å². The van der Waals surface area contributed by atoms with Crippen LogP contribution in [0.4, 0.5) is 10.8 Å². The molecule has 2 aromatic carbocycles. The Morgan fingerprint density at radius 1 is 1.16 bits per heavy atom. The molecule has 0 aliphatic heterocycles. The number of non-ortho nitro benzene ring substituents is 1. The number of fused-ring (bicyclic) bond motifs is 1. The lowest BCUT2D eigenvalue weighted by Crippen LogP contribution is -2.33. The summed E-state index contributed by atoms with van der Waals surface area (Å²) in [5.74, 6) is 0.424. The van der Waals surface area contributed by atoms with Gasteiger partial charge in [-0.2, -0.15) is 0 Å². The molecule has 10 heteroatoms. The number of halogens is 1. The first-order valence-corrected chi connectivity index (χ1v) is 10.3. The minimum Gasteiger partial charge on any atom is -0.494 e. The van der Waals surface area contributed by atoms with Gasteiger partial charge < -0.3 is 9.64 Å². The fraction of sp³-hybridized carbons (Fsp3) is 0.333. The maximum atomic E-state index is 13.3. The van der Waals surface area contributed by atoms with Crippen LogP contribution in [-0.2, 0) is 0 Å². The Morgan fingerprint density at radius 3 is 2.42 bits per heavy atom. The second-order valence-electron chi connectivity index (χ2n) is 7.18. The standard InChI is InChI=1S/C21H24N4O4S.ClH/c1-14-6-11-17(29-4)18-19(14)30-21(22-18)24(13-5-12-23(2)3)20(26)15-7-9-16(10-8-15)25(27)28;/h6-11H,5,12-13H2,1-4H3;1H. The van der Waals surface area contributed by atoms with Crippen LogP contribution in [0.3, 0.4) is 0 Å². The molecule has 0 spiro atoms. The molecule has 1 aromatic heterocycles. The highest BCUT2D eigenvalue weighted by atomic mass is 35.5. The first-order valence-electron chi connectivity index (χ1n) is 9.47. The zero-order chi connectivity index (χ0) is 21.8. The molecule has 0 atom stereocenters. The maximum absolute atomic E-state index is 13.3. The van der Waals surface area contributed by atoms with E-state index < -0.39 is 4.92 Å². The Balaban J connectivity index is 0.00000341. The molecule has 0 saturated carbocycles. The molecule has 0 aliphatic rings. The van der Waals surface area contributed by atoms with Crippen molar-refractivity contribution in [2.75, 3.05) is 39.2 Å². The van der Waals surface area contributed by atoms with Crippen molar-refractivity contribution in [2.45, 2.75) is 13.3 Å². The van der Waals surface area contributed by atoms with E-state index in [2.05, 4.69) is 4.90 Å². The monoisotopic (exact) mass is 464 g/mol. The van der Waals surface area contributed by atoms with Gasteiger partial charge in [-0.1, -0.05) is 17.4 Å². The Bertz CT molecular complexity index is 1070. The molecule has 1 heterocycles. The van der Waals surface area contributed by atoms with Crippen molar-refractivity contribution in [3.05, 3.63) is 57.6 Å². The number of methoxy groups -OCH3 is 1. The average molecular weight is 465 g/mol. The zero-order valence-corrected chi connectivity index (χ0v) is 19.5. The number of rotatable bonds is 8. The highest BCUT2D eigenvalue weighted by molar-refractivity contribution is 7.22. The van der Waals surface area contributed by atoms with Gasteiger partial charge in [0, 0.05) is 24.2 Å². The summed E-state index contributed by atoms with van der Waals surface area (Å²) in [6.45, 7) is 3.30. The highest BCUT2D eigenvalue weighted by Gasteiger charge is 2.23. The van der Waals surface area contributed by atoms with Crippen molar-refractivity contribution in [3.8, 4) is 5.75 Å². The summed E-state index contributed by atoms with van der Waals surface area (Å²) in [5.41, 5.74) is 2.12. The average Bonchev–Trinajstić information content (AvgIpc) is 3.17. The van der Waals surface area contributed by atoms with Crippen LogP contribution in [0.25, 0.3) is 10.2 Å². The summed E-state index contributed by atoms with van der Waals surface area (Å²) in [4.78, 5) is 32.1. The Labute approximate surface area is 191 Å². The van der Waals surface area contributed by atoms with E-state index >= 15 is 0 Å². The van der Waals surface area contributed by atoms with Crippen LogP contribution >= 0.6 is 23.7 Å². The molecule has 1 amide bonds. The van der Waals surface area contributed by atoms with Crippen LogP contribution in [0.5, 0.6) is 5.75 Å². The third-order valence-electron chi connectivity index (χ3n) is 4.70. The summed E-state index contributed by atoms with van der Waals surface area (Å²) < 4.78 is 6.41. The van der Waals surface area contributed by atoms with Crippen molar-refractivity contribution in [1.29, 1.82) is 0 Å². The van der Waals surface area contributed by atoms with Gasteiger partial charge in [-0.15, -0.1) is 12.4 Å². The smallest absolute Gasteiger partial charge is 0.269 e. The number of carbonyl (C=O) groups is 1. The number of anilines is 1. The van der Waals surface area contributed by atoms with Gasteiger partial charge >= 0.3 is 0 Å². The number of thiazole rings is 1. The number of nitrogens with zero attached hydrogens (tertiary/aromatic N) is 4. The summed E-state index contributed by atoms with van der Waals surface area (Å²) in [6.07, 6.45) is 0.762. The largest absolute Gasteiger partial charge is 0.494 e. The van der Waals surface area contributed by atoms with E-state index in [4.69, 9.17) is 9.72 Å². The molecule has 3 rings (SSSR count). The van der Waals surface area contributed by atoms with E-state index in [1.807, 2.05) is 33.2 Å². The second-order valence-corrected chi connectivity index (χ2v) is 8.15. The van der Waals surface area contributed by atoms with Gasteiger partial charge in [0.15, 0.2) is 5.13 Å². The second kappa shape index (κ2) is 10.5. The quantitative estimate of drug-likeness (QED) is 0.359. The van der Waals surface area contributed by atoms with Crippen molar-refractivity contribution in [3.63, 3.8) is 0 Å². The lowest BCUT2D eigenvalue weighted by molar-refractivity contribution is -0.384.